The number of esters is 1. The van der Waals surface area contributed by atoms with Crippen LogP contribution in [0.15, 0.2) is 24.3 Å². The number of aliphatic carboxylic acids is 1. The Kier molecular flexibility index (Phi) is 5.62. The molecule has 0 aromatic heterocycles. The molecule has 1 N–H and O–H groups in total. The minimum absolute atomic E-state index is 0.0911. The Morgan fingerprint density at radius 3 is 2.38 bits per heavy atom. The summed E-state index contributed by atoms with van der Waals surface area (Å²) in [7, 11) is 0. The molecule has 1 aliphatic rings. The average Bonchev–Trinajstić information content (AvgIpc) is 2.97. The van der Waals surface area contributed by atoms with Gasteiger partial charge >= 0.3 is 11.9 Å². The van der Waals surface area contributed by atoms with Crippen LogP contribution in [0, 0.1) is 5.92 Å². The molecule has 21 heavy (non-hydrogen) atoms. The van der Waals surface area contributed by atoms with Crippen LogP contribution < -0.4 is 0 Å². The van der Waals surface area contributed by atoms with Gasteiger partial charge < -0.3 is 9.84 Å². The molecule has 1 aromatic carbocycles. The first-order valence-electron chi connectivity index (χ1n) is 7.23. The number of ether oxygens (including phenoxy) is 1. The van der Waals surface area contributed by atoms with E-state index in [4.69, 9.17) is 21.4 Å². The monoisotopic (exact) mass is 310 g/mol. The molecule has 1 aromatic rings. The number of halogens is 1. The number of carbonyl (C=O) groups is 2. The van der Waals surface area contributed by atoms with Crippen LogP contribution in [0.25, 0.3) is 0 Å². The topological polar surface area (TPSA) is 63.6 Å². The first kappa shape index (κ1) is 15.8. The van der Waals surface area contributed by atoms with Gasteiger partial charge in [-0.2, -0.15) is 0 Å². The Bertz CT molecular complexity index is 492. The molecule has 1 atom stereocenters. The van der Waals surface area contributed by atoms with Gasteiger partial charge in [0.2, 0.25) is 0 Å². The Hall–Kier alpha value is -1.55. The number of rotatable bonds is 6. The summed E-state index contributed by atoms with van der Waals surface area (Å²) >= 11 is 5.89. The molecular weight excluding hydrogens is 292 g/mol. The van der Waals surface area contributed by atoms with Gasteiger partial charge in [-0.3, -0.25) is 9.59 Å². The van der Waals surface area contributed by atoms with Crippen LogP contribution in [0.5, 0.6) is 0 Å². The third-order valence-corrected chi connectivity index (χ3v) is 4.08. The van der Waals surface area contributed by atoms with Gasteiger partial charge in [0, 0.05) is 10.9 Å². The smallest absolute Gasteiger partial charge is 0.306 e. The van der Waals surface area contributed by atoms with E-state index in [1.165, 1.54) is 0 Å². The maximum Gasteiger partial charge on any atom is 0.306 e. The Morgan fingerprint density at radius 1 is 1.19 bits per heavy atom. The number of carboxylic acids is 1. The van der Waals surface area contributed by atoms with Crippen molar-refractivity contribution in [3.63, 3.8) is 0 Å². The highest BCUT2D eigenvalue weighted by molar-refractivity contribution is 6.30. The third kappa shape index (κ3) is 4.74. The van der Waals surface area contributed by atoms with Crippen molar-refractivity contribution in [2.45, 2.75) is 44.6 Å². The summed E-state index contributed by atoms with van der Waals surface area (Å²) in [5.74, 6) is -1.14. The summed E-state index contributed by atoms with van der Waals surface area (Å²) in [6.45, 7) is 0. The highest BCUT2D eigenvalue weighted by Gasteiger charge is 2.29. The summed E-state index contributed by atoms with van der Waals surface area (Å²) in [6.07, 6.45) is 3.75. The van der Waals surface area contributed by atoms with E-state index in [1.807, 2.05) is 12.1 Å². The van der Waals surface area contributed by atoms with E-state index in [9.17, 15) is 9.59 Å². The molecule has 0 radical (unpaired) electrons. The van der Waals surface area contributed by atoms with Crippen molar-refractivity contribution < 1.29 is 19.4 Å². The fourth-order valence-corrected chi connectivity index (χ4v) is 2.88. The molecule has 2 rings (SSSR count). The van der Waals surface area contributed by atoms with Gasteiger partial charge in [-0.25, -0.2) is 0 Å². The second-order valence-corrected chi connectivity index (χ2v) is 5.84. The lowest BCUT2D eigenvalue weighted by Crippen LogP contribution is -2.18. The van der Waals surface area contributed by atoms with Crippen LogP contribution in [0.4, 0.5) is 0 Å². The zero-order chi connectivity index (χ0) is 15.2. The van der Waals surface area contributed by atoms with Gasteiger partial charge in [-0.05, 0) is 30.5 Å². The molecule has 4 nitrogen and oxygen atoms in total. The standard InChI is InChI=1S/C16H19ClO4/c17-13-7-5-12(6-8-13)16(11-3-1-2-4-11)21-15(20)10-9-14(18)19/h5-8,11,16H,1-4,9-10H2,(H,18,19)/t16-/m1/s1. The van der Waals surface area contributed by atoms with Crippen molar-refractivity contribution in [3.05, 3.63) is 34.9 Å². The summed E-state index contributed by atoms with van der Waals surface area (Å²) in [5.41, 5.74) is 0.926. The van der Waals surface area contributed by atoms with Crippen LogP contribution >= 0.6 is 11.6 Å². The van der Waals surface area contributed by atoms with Crippen molar-refractivity contribution in [2.75, 3.05) is 0 Å². The predicted molar refractivity (Wildman–Crippen MR) is 79.1 cm³/mol. The fourth-order valence-electron chi connectivity index (χ4n) is 2.76. The third-order valence-electron chi connectivity index (χ3n) is 3.83. The summed E-state index contributed by atoms with van der Waals surface area (Å²) in [6, 6.07) is 7.31. The minimum Gasteiger partial charge on any atom is -0.481 e. The average molecular weight is 311 g/mol. The van der Waals surface area contributed by atoms with Crippen molar-refractivity contribution >= 4 is 23.5 Å². The van der Waals surface area contributed by atoms with E-state index in [0.717, 1.165) is 31.2 Å². The first-order chi connectivity index (χ1) is 10.1. The molecule has 0 aliphatic heterocycles. The highest BCUT2D eigenvalue weighted by atomic mass is 35.5. The second-order valence-electron chi connectivity index (χ2n) is 5.40. The maximum absolute atomic E-state index is 11.8. The van der Waals surface area contributed by atoms with Crippen LogP contribution in [-0.4, -0.2) is 17.0 Å². The maximum atomic E-state index is 11.8. The van der Waals surface area contributed by atoms with Crippen molar-refractivity contribution in [1.29, 1.82) is 0 Å². The highest BCUT2D eigenvalue weighted by Crippen LogP contribution is 2.38. The lowest BCUT2D eigenvalue weighted by molar-refractivity contribution is -0.154. The molecule has 1 saturated carbocycles. The number of carboxylic acid groups (broad SMARTS) is 1. The normalized spacial score (nSPS) is 16.6. The largest absolute Gasteiger partial charge is 0.481 e. The lowest BCUT2D eigenvalue weighted by atomic mass is 9.94. The number of carbonyl (C=O) groups excluding carboxylic acids is 1. The van der Waals surface area contributed by atoms with E-state index >= 15 is 0 Å². The predicted octanol–water partition coefficient (Wildman–Crippen LogP) is 3.98. The Labute approximate surface area is 129 Å². The van der Waals surface area contributed by atoms with Gasteiger partial charge in [-0.1, -0.05) is 36.6 Å². The Morgan fingerprint density at radius 2 is 1.81 bits per heavy atom. The van der Waals surface area contributed by atoms with E-state index in [2.05, 4.69) is 0 Å². The van der Waals surface area contributed by atoms with Gasteiger partial charge in [0.15, 0.2) is 0 Å². The van der Waals surface area contributed by atoms with Crippen molar-refractivity contribution in [1.82, 2.24) is 0 Å². The van der Waals surface area contributed by atoms with Gasteiger partial charge in [-0.15, -0.1) is 0 Å². The molecule has 0 heterocycles. The van der Waals surface area contributed by atoms with Crippen LogP contribution in [0.1, 0.15) is 50.2 Å². The summed E-state index contributed by atoms with van der Waals surface area (Å²) in [5, 5.41) is 9.27. The van der Waals surface area contributed by atoms with Crippen LogP contribution in [-0.2, 0) is 14.3 Å². The Balaban J connectivity index is 2.06. The molecule has 0 unspecified atom stereocenters. The molecule has 5 heteroatoms. The first-order valence-corrected chi connectivity index (χ1v) is 7.61. The van der Waals surface area contributed by atoms with E-state index in [1.54, 1.807) is 12.1 Å². The summed E-state index contributed by atoms with van der Waals surface area (Å²) < 4.78 is 5.57. The lowest BCUT2D eigenvalue weighted by Gasteiger charge is -2.24. The van der Waals surface area contributed by atoms with Gasteiger partial charge in [0.1, 0.15) is 6.10 Å². The number of hydrogen-bond acceptors (Lipinski definition) is 3. The van der Waals surface area contributed by atoms with Crippen molar-refractivity contribution in [3.8, 4) is 0 Å². The van der Waals surface area contributed by atoms with E-state index < -0.39 is 11.9 Å². The van der Waals surface area contributed by atoms with Gasteiger partial charge in [0.25, 0.3) is 0 Å². The SMILES string of the molecule is O=C(O)CCC(=O)O[C@@H](c1ccc(Cl)cc1)C1CCCC1. The molecule has 0 bridgehead atoms. The van der Waals surface area contributed by atoms with E-state index in [-0.39, 0.29) is 18.9 Å². The zero-order valence-electron chi connectivity index (χ0n) is 11.8. The van der Waals surface area contributed by atoms with Gasteiger partial charge in [0.05, 0.1) is 12.8 Å². The molecule has 0 amide bonds. The van der Waals surface area contributed by atoms with Crippen LogP contribution in [0.3, 0.4) is 0 Å². The fraction of sp³-hybridized carbons (Fsp3) is 0.500. The van der Waals surface area contributed by atoms with Crippen LogP contribution in [0.2, 0.25) is 5.02 Å². The second kappa shape index (κ2) is 7.46. The minimum atomic E-state index is -0.990. The number of hydrogen-bond donors (Lipinski definition) is 1. The summed E-state index contributed by atoms with van der Waals surface area (Å²) in [4.78, 5) is 22.4. The van der Waals surface area contributed by atoms with E-state index in [0.29, 0.717) is 10.9 Å². The molecule has 0 saturated heterocycles. The molecule has 114 valence electrons. The quantitative estimate of drug-likeness (QED) is 0.807. The zero-order valence-corrected chi connectivity index (χ0v) is 12.5. The number of benzene rings is 1. The molecule has 1 aliphatic carbocycles. The molecule has 0 spiro atoms. The van der Waals surface area contributed by atoms with Crippen molar-refractivity contribution in [2.24, 2.45) is 5.92 Å². The molecular formula is C16H19ClO4. The molecule has 1 fully saturated rings.